The van der Waals surface area contributed by atoms with E-state index in [1.54, 1.807) is 0 Å². The summed E-state index contributed by atoms with van der Waals surface area (Å²) in [6.45, 7) is 1.70. The standard InChI is InChI=1S/C21H19N3O/c25-21-23-15-7-14-22(23)20(17-9-2-1-3-10-17)24(21)19-13-6-11-16-8-4-5-12-18(16)19/h1-6,8-13,20H,7,14-15H2/t20-/m1/s1. The van der Waals surface area contributed by atoms with E-state index in [9.17, 15) is 4.79 Å². The summed E-state index contributed by atoms with van der Waals surface area (Å²) >= 11 is 0. The number of urea groups is 1. The van der Waals surface area contributed by atoms with Crippen LogP contribution in [0.4, 0.5) is 10.5 Å². The van der Waals surface area contributed by atoms with E-state index in [0.717, 1.165) is 41.5 Å². The van der Waals surface area contributed by atoms with E-state index in [0.29, 0.717) is 0 Å². The maximum Gasteiger partial charge on any atom is 0.340 e. The summed E-state index contributed by atoms with van der Waals surface area (Å²) in [6.07, 6.45) is 0.945. The van der Waals surface area contributed by atoms with Gasteiger partial charge in [0.25, 0.3) is 0 Å². The van der Waals surface area contributed by atoms with Crippen molar-refractivity contribution < 1.29 is 4.79 Å². The molecule has 5 rings (SSSR count). The fourth-order valence-electron chi connectivity index (χ4n) is 4.05. The van der Waals surface area contributed by atoms with Crippen molar-refractivity contribution in [3.63, 3.8) is 0 Å². The largest absolute Gasteiger partial charge is 0.340 e. The van der Waals surface area contributed by atoms with Gasteiger partial charge in [0.05, 0.1) is 5.69 Å². The molecule has 0 bridgehead atoms. The van der Waals surface area contributed by atoms with E-state index in [4.69, 9.17) is 0 Å². The van der Waals surface area contributed by atoms with Gasteiger partial charge in [-0.25, -0.2) is 4.79 Å². The third kappa shape index (κ3) is 2.14. The van der Waals surface area contributed by atoms with Crippen molar-refractivity contribution in [3.8, 4) is 0 Å². The van der Waals surface area contributed by atoms with Gasteiger partial charge < -0.3 is 0 Å². The van der Waals surface area contributed by atoms with Gasteiger partial charge in [-0.15, -0.1) is 0 Å². The van der Waals surface area contributed by atoms with Gasteiger partial charge in [0.2, 0.25) is 0 Å². The van der Waals surface area contributed by atoms with Crippen LogP contribution in [0.25, 0.3) is 10.8 Å². The Labute approximate surface area is 146 Å². The number of hydrogen-bond acceptors (Lipinski definition) is 2. The van der Waals surface area contributed by atoms with Crippen molar-refractivity contribution in [2.24, 2.45) is 0 Å². The van der Waals surface area contributed by atoms with Crippen LogP contribution in [0.3, 0.4) is 0 Å². The van der Waals surface area contributed by atoms with Gasteiger partial charge in [-0.05, 0) is 23.4 Å². The normalized spacial score (nSPS) is 20.5. The zero-order valence-electron chi connectivity index (χ0n) is 13.9. The van der Waals surface area contributed by atoms with Crippen LogP contribution < -0.4 is 4.90 Å². The van der Waals surface area contributed by atoms with E-state index in [1.807, 2.05) is 46.3 Å². The Morgan fingerprint density at radius 2 is 1.56 bits per heavy atom. The molecule has 0 radical (unpaired) electrons. The zero-order chi connectivity index (χ0) is 16.8. The molecule has 1 atom stereocenters. The minimum Gasteiger partial charge on any atom is -0.270 e. The lowest BCUT2D eigenvalue weighted by Gasteiger charge is -2.28. The molecule has 3 aromatic carbocycles. The molecule has 25 heavy (non-hydrogen) atoms. The lowest BCUT2D eigenvalue weighted by molar-refractivity contribution is 0.0728. The SMILES string of the molecule is O=C1N(c2cccc3ccccc23)[C@H](c2ccccc2)N2CCCN12. The number of benzene rings is 3. The van der Waals surface area contributed by atoms with Crippen molar-refractivity contribution in [2.75, 3.05) is 18.0 Å². The highest BCUT2D eigenvalue weighted by Crippen LogP contribution is 2.42. The molecule has 2 aliphatic heterocycles. The Bertz CT molecular complexity index is 935. The van der Waals surface area contributed by atoms with E-state index >= 15 is 0 Å². The quantitative estimate of drug-likeness (QED) is 0.696. The molecule has 0 spiro atoms. The van der Waals surface area contributed by atoms with Crippen molar-refractivity contribution >= 4 is 22.5 Å². The zero-order valence-corrected chi connectivity index (χ0v) is 13.9. The summed E-state index contributed by atoms with van der Waals surface area (Å²) in [5.41, 5.74) is 2.12. The number of anilines is 1. The molecular formula is C21H19N3O. The number of hydrazine groups is 1. The number of hydrogen-bond donors (Lipinski definition) is 0. The highest BCUT2D eigenvalue weighted by molar-refractivity contribution is 6.04. The van der Waals surface area contributed by atoms with E-state index in [-0.39, 0.29) is 12.2 Å². The maximum atomic E-state index is 13.2. The summed E-state index contributed by atoms with van der Waals surface area (Å²) in [4.78, 5) is 15.2. The molecule has 0 aliphatic carbocycles. The first-order valence-electron chi connectivity index (χ1n) is 8.74. The Morgan fingerprint density at radius 3 is 2.44 bits per heavy atom. The second-order valence-electron chi connectivity index (χ2n) is 6.57. The molecule has 4 nitrogen and oxygen atoms in total. The van der Waals surface area contributed by atoms with Crippen LogP contribution in [0.1, 0.15) is 18.2 Å². The summed E-state index contributed by atoms with van der Waals surface area (Å²) in [6, 6.07) is 24.8. The second kappa shape index (κ2) is 5.60. The Kier molecular flexibility index (Phi) is 3.25. The van der Waals surface area contributed by atoms with Gasteiger partial charge >= 0.3 is 6.03 Å². The molecule has 2 aliphatic rings. The lowest BCUT2D eigenvalue weighted by atomic mass is 10.1. The maximum absolute atomic E-state index is 13.2. The van der Waals surface area contributed by atoms with Crippen LogP contribution in [0.5, 0.6) is 0 Å². The minimum atomic E-state index is -0.0815. The van der Waals surface area contributed by atoms with Crippen LogP contribution in [0, 0.1) is 0 Å². The van der Waals surface area contributed by atoms with Gasteiger partial charge in [0, 0.05) is 18.5 Å². The van der Waals surface area contributed by atoms with E-state index < -0.39 is 0 Å². The number of carbonyl (C=O) groups is 1. The van der Waals surface area contributed by atoms with E-state index in [1.165, 1.54) is 0 Å². The summed E-state index contributed by atoms with van der Waals surface area (Å²) < 4.78 is 0. The third-order valence-corrected chi connectivity index (χ3v) is 5.14. The van der Waals surface area contributed by atoms with Crippen LogP contribution in [-0.4, -0.2) is 29.1 Å². The van der Waals surface area contributed by atoms with Crippen molar-refractivity contribution in [1.29, 1.82) is 0 Å². The average molecular weight is 329 g/mol. The molecule has 4 heteroatoms. The monoisotopic (exact) mass is 329 g/mol. The smallest absolute Gasteiger partial charge is 0.270 e. The Morgan fingerprint density at radius 1 is 0.800 bits per heavy atom. The molecule has 2 amide bonds. The molecule has 0 saturated carbocycles. The van der Waals surface area contributed by atoms with Crippen molar-refractivity contribution in [1.82, 2.24) is 10.0 Å². The molecule has 124 valence electrons. The minimum absolute atomic E-state index is 0.0720. The molecule has 0 N–H and O–H groups in total. The molecular weight excluding hydrogens is 310 g/mol. The molecule has 0 unspecified atom stereocenters. The van der Waals surface area contributed by atoms with Crippen LogP contribution >= 0.6 is 0 Å². The third-order valence-electron chi connectivity index (χ3n) is 5.14. The van der Waals surface area contributed by atoms with Gasteiger partial charge in [-0.3, -0.25) is 9.91 Å². The highest BCUT2D eigenvalue weighted by atomic mass is 16.2. The first-order chi connectivity index (χ1) is 12.3. The van der Waals surface area contributed by atoms with Crippen LogP contribution in [0.2, 0.25) is 0 Å². The predicted molar refractivity (Wildman–Crippen MR) is 99.0 cm³/mol. The van der Waals surface area contributed by atoms with Gasteiger partial charge in [-0.1, -0.05) is 66.7 Å². The van der Waals surface area contributed by atoms with Gasteiger partial charge in [0.15, 0.2) is 0 Å². The average Bonchev–Trinajstić information content (AvgIpc) is 3.24. The first kappa shape index (κ1) is 14.5. The number of carbonyl (C=O) groups excluding carboxylic acids is 1. The first-order valence-corrected chi connectivity index (χ1v) is 8.74. The fourth-order valence-corrected chi connectivity index (χ4v) is 4.05. The molecule has 0 aromatic heterocycles. The molecule has 2 saturated heterocycles. The fraction of sp³-hybridized carbons (Fsp3) is 0.190. The summed E-state index contributed by atoms with van der Waals surface area (Å²) in [5, 5.41) is 6.38. The van der Waals surface area contributed by atoms with Crippen LogP contribution in [-0.2, 0) is 0 Å². The van der Waals surface area contributed by atoms with E-state index in [2.05, 4.69) is 41.4 Å². The highest BCUT2D eigenvalue weighted by Gasteiger charge is 2.47. The lowest BCUT2D eigenvalue weighted by Crippen LogP contribution is -2.32. The van der Waals surface area contributed by atoms with Gasteiger partial charge in [0.1, 0.15) is 6.17 Å². The van der Waals surface area contributed by atoms with Crippen molar-refractivity contribution in [2.45, 2.75) is 12.6 Å². The topological polar surface area (TPSA) is 26.8 Å². The molecule has 2 heterocycles. The number of rotatable bonds is 2. The Hall–Kier alpha value is -2.85. The molecule has 3 aromatic rings. The Balaban J connectivity index is 1.71. The summed E-state index contributed by atoms with van der Waals surface area (Å²) in [7, 11) is 0. The molecule has 2 fully saturated rings. The number of fused-ring (bicyclic) bond motifs is 2. The second-order valence-corrected chi connectivity index (χ2v) is 6.57. The number of amides is 2. The van der Waals surface area contributed by atoms with Crippen LogP contribution in [0.15, 0.2) is 72.8 Å². The summed E-state index contributed by atoms with van der Waals surface area (Å²) in [5.74, 6) is 0. The van der Waals surface area contributed by atoms with Crippen molar-refractivity contribution in [3.05, 3.63) is 78.4 Å². The number of nitrogens with zero attached hydrogens (tertiary/aromatic N) is 3. The van der Waals surface area contributed by atoms with Gasteiger partial charge in [-0.2, -0.15) is 5.01 Å². The predicted octanol–water partition coefficient (Wildman–Crippen LogP) is 4.40.